The average molecular weight is 230 g/mol. The molecule has 1 rings (SSSR count). The Morgan fingerprint density at radius 2 is 2.20 bits per heavy atom. The van der Waals surface area contributed by atoms with E-state index in [4.69, 9.17) is 17.3 Å². The molecule has 1 atom stereocenters. The Kier molecular flexibility index (Phi) is 4.11. The first kappa shape index (κ1) is 12.0. The van der Waals surface area contributed by atoms with Crippen LogP contribution < -0.4 is 11.1 Å². The van der Waals surface area contributed by atoms with E-state index in [1.807, 2.05) is 14.1 Å². The van der Waals surface area contributed by atoms with Gasteiger partial charge in [-0.1, -0.05) is 11.6 Å². The first-order valence-electron chi connectivity index (χ1n) is 4.68. The lowest BCUT2D eigenvalue weighted by Gasteiger charge is -2.19. The second-order valence-electron chi connectivity index (χ2n) is 3.73. The maximum absolute atomic E-state index is 5.95. The summed E-state index contributed by atoms with van der Waals surface area (Å²) in [5.41, 5.74) is 5.56. The van der Waals surface area contributed by atoms with E-state index in [-0.39, 0.29) is 6.04 Å². The number of nitrogens with one attached hydrogen (secondary N) is 1. The fourth-order valence-electron chi connectivity index (χ4n) is 1.31. The molecule has 1 aromatic rings. The number of rotatable bonds is 4. The zero-order chi connectivity index (χ0) is 11.4. The number of hydrogen-bond acceptors (Lipinski definition) is 5. The maximum Gasteiger partial charge on any atom is 0.150 e. The Morgan fingerprint density at radius 3 is 2.80 bits per heavy atom. The number of halogens is 1. The summed E-state index contributed by atoms with van der Waals surface area (Å²) in [6.45, 7) is 2.94. The monoisotopic (exact) mass is 229 g/mol. The molecule has 0 saturated heterocycles. The molecule has 1 heterocycles. The third kappa shape index (κ3) is 3.53. The molecule has 0 spiro atoms. The van der Waals surface area contributed by atoms with Gasteiger partial charge in [-0.25, -0.2) is 9.97 Å². The van der Waals surface area contributed by atoms with Gasteiger partial charge in [0.1, 0.15) is 17.2 Å². The van der Waals surface area contributed by atoms with Crippen molar-refractivity contribution in [1.29, 1.82) is 0 Å². The molecule has 0 aliphatic heterocycles. The van der Waals surface area contributed by atoms with Crippen LogP contribution in [0.4, 0.5) is 11.6 Å². The zero-order valence-corrected chi connectivity index (χ0v) is 9.91. The molecule has 1 aromatic heterocycles. The summed E-state index contributed by atoms with van der Waals surface area (Å²) >= 11 is 5.95. The molecule has 84 valence electrons. The summed E-state index contributed by atoms with van der Waals surface area (Å²) < 4.78 is 0. The van der Waals surface area contributed by atoms with Crippen LogP contribution in [0.3, 0.4) is 0 Å². The minimum Gasteiger partial charge on any atom is -0.382 e. The van der Waals surface area contributed by atoms with Gasteiger partial charge >= 0.3 is 0 Å². The van der Waals surface area contributed by atoms with Crippen molar-refractivity contribution in [3.05, 3.63) is 11.3 Å². The van der Waals surface area contributed by atoms with Crippen LogP contribution in [-0.4, -0.2) is 41.5 Å². The molecule has 0 radical (unpaired) electrons. The van der Waals surface area contributed by atoms with Crippen LogP contribution in [-0.2, 0) is 0 Å². The van der Waals surface area contributed by atoms with E-state index < -0.39 is 0 Å². The standard InChI is InChI=1S/C9H16ClN5/c1-6(4-15(2)3)14-9-7(10)8(11)12-5-13-9/h5-6H,4H2,1-3H3,(H3,11,12,13,14). The molecule has 0 saturated carbocycles. The normalized spacial score (nSPS) is 12.9. The fraction of sp³-hybridized carbons (Fsp3) is 0.556. The van der Waals surface area contributed by atoms with Crippen molar-refractivity contribution in [3.8, 4) is 0 Å². The summed E-state index contributed by atoms with van der Waals surface area (Å²) in [5, 5.41) is 3.56. The Morgan fingerprint density at radius 1 is 1.53 bits per heavy atom. The van der Waals surface area contributed by atoms with Gasteiger partial charge in [0.2, 0.25) is 0 Å². The summed E-state index contributed by atoms with van der Waals surface area (Å²) in [6.07, 6.45) is 1.39. The Labute approximate surface area is 94.6 Å². The summed E-state index contributed by atoms with van der Waals surface area (Å²) in [5.74, 6) is 0.879. The highest BCUT2D eigenvalue weighted by Crippen LogP contribution is 2.23. The van der Waals surface area contributed by atoms with Gasteiger partial charge in [-0.2, -0.15) is 0 Å². The van der Waals surface area contributed by atoms with E-state index in [0.29, 0.717) is 16.7 Å². The van der Waals surface area contributed by atoms with E-state index in [9.17, 15) is 0 Å². The highest BCUT2D eigenvalue weighted by Gasteiger charge is 2.09. The molecule has 6 heteroatoms. The minimum absolute atomic E-state index is 0.242. The van der Waals surface area contributed by atoms with Crippen LogP contribution in [0.5, 0.6) is 0 Å². The topological polar surface area (TPSA) is 67.1 Å². The Bertz CT molecular complexity index is 328. The van der Waals surface area contributed by atoms with Gasteiger partial charge in [-0.3, -0.25) is 0 Å². The second kappa shape index (κ2) is 5.14. The molecule has 1 unspecified atom stereocenters. The third-order valence-corrected chi connectivity index (χ3v) is 2.21. The van der Waals surface area contributed by atoms with Crippen molar-refractivity contribution in [2.24, 2.45) is 0 Å². The first-order chi connectivity index (χ1) is 7.00. The molecular weight excluding hydrogens is 214 g/mol. The predicted molar refractivity (Wildman–Crippen MR) is 63.1 cm³/mol. The second-order valence-corrected chi connectivity index (χ2v) is 4.11. The van der Waals surface area contributed by atoms with Crippen molar-refractivity contribution in [3.63, 3.8) is 0 Å². The van der Waals surface area contributed by atoms with E-state index >= 15 is 0 Å². The number of hydrogen-bond donors (Lipinski definition) is 2. The van der Waals surface area contributed by atoms with Gasteiger partial charge in [0.25, 0.3) is 0 Å². The van der Waals surface area contributed by atoms with Gasteiger partial charge in [-0.15, -0.1) is 0 Å². The van der Waals surface area contributed by atoms with Crippen molar-refractivity contribution in [2.45, 2.75) is 13.0 Å². The Hall–Kier alpha value is -1.07. The quantitative estimate of drug-likeness (QED) is 0.809. The SMILES string of the molecule is CC(CN(C)C)Nc1ncnc(N)c1Cl. The van der Waals surface area contributed by atoms with Gasteiger partial charge in [0.15, 0.2) is 5.82 Å². The van der Waals surface area contributed by atoms with Gasteiger partial charge in [-0.05, 0) is 21.0 Å². The number of nitrogens with zero attached hydrogens (tertiary/aromatic N) is 3. The molecule has 3 N–H and O–H groups in total. The molecule has 0 fully saturated rings. The molecule has 0 aromatic carbocycles. The van der Waals surface area contributed by atoms with Crippen LogP contribution in [0.2, 0.25) is 5.02 Å². The number of nitrogen functional groups attached to an aromatic ring is 1. The molecule has 0 bridgehead atoms. The van der Waals surface area contributed by atoms with Crippen LogP contribution in [0.1, 0.15) is 6.92 Å². The number of likely N-dealkylation sites (N-methyl/N-ethyl adjacent to an activating group) is 1. The maximum atomic E-state index is 5.95. The van der Waals surface area contributed by atoms with Gasteiger partial charge in [0.05, 0.1) is 0 Å². The average Bonchev–Trinajstić information content (AvgIpc) is 2.11. The highest BCUT2D eigenvalue weighted by atomic mass is 35.5. The molecule has 5 nitrogen and oxygen atoms in total. The van der Waals surface area contributed by atoms with Crippen molar-refractivity contribution in [1.82, 2.24) is 14.9 Å². The molecule has 0 amide bonds. The Balaban J connectivity index is 2.68. The first-order valence-corrected chi connectivity index (χ1v) is 5.05. The van der Waals surface area contributed by atoms with E-state index in [1.165, 1.54) is 6.33 Å². The summed E-state index contributed by atoms with van der Waals surface area (Å²) in [4.78, 5) is 9.91. The van der Waals surface area contributed by atoms with Gasteiger partial charge < -0.3 is 16.0 Å². The van der Waals surface area contributed by atoms with Crippen LogP contribution in [0, 0.1) is 0 Å². The lowest BCUT2D eigenvalue weighted by atomic mass is 10.3. The number of nitrogens with two attached hydrogens (primary N) is 1. The van der Waals surface area contributed by atoms with Crippen molar-refractivity contribution < 1.29 is 0 Å². The highest BCUT2D eigenvalue weighted by molar-refractivity contribution is 6.35. The van der Waals surface area contributed by atoms with E-state index in [1.54, 1.807) is 0 Å². The van der Waals surface area contributed by atoms with Crippen LogP contribution in [0.15, 0.2) is 6.33 Å². The molecule has 0 aliphatic rings. The zero-order valence-electron chi connectivity index (χ0n) is 9.16. The van der Waals surface area contributed by atoms with Crippen LogP contribution in [0.25, 0.3) is 0 Å². The number of aromatic nitrogens is 2. The molecular formula is C9H16ClN5. The predicted octanol–water partition coefficient (Wildman–Crippen LogP) is 1.07. The summed E-state index contributed by atoms with van der Waals surface area (Å²) in [6, 6.07) is 0.242. The minimum atomic E-state index is 0.242. The molecule has 0 aliphatic carbocycles. The molecule has 15 heavy (non-hydrogen) atoms. The van der Waals surface area contributed by atoms with Crippen molar-refractivity contribution in [2.75, 3.05) is 31.7 Å². The third-order valence-electron chi connectivity index (χ3n) is 1.84. The smallest absolute Gasteiger partial charge is 0.150 e. The van der Waals surface area contributed by atoms with Crippen molar-refractivity contribution >= 4 is 23.2 Å². The van der Waals surface area contributed by atoms with Gasteiger partial charge in [0, 0.05) is 12.6 Å². The van der Waals surface area contributed by atoms with E-state index in [0.717, 1.165) is 6.54 Å². The fourth-order valence-corrected chi connectivity index (χ4v) is 1.46. The lowest BCUT2D eigenvalue weighted by molar-refractivity contribution is 0.392. The largest absolute Gasteiger partial charge is 0.382 e. The van der Waals surface area contributed by atoms with Crippen LogP contribution >= 0.6 is 11.6 Å². The van der Waals surface area contributed by atoms with E-state index in [2.05, 4.69) is 27.1 Å². The summed E-state index contributed by atoms with van der Waals surface area (Å²) in [7, 11) is 4.02. The lowest BCUT2D eigenvalue weighted by Crippen LogP contribution is -2.30. The number of anilines is 2.